The predicted octanol–water partition coefficient (Wildman–Crippen LogP) is 6.59. The highest BCUT2D eigenvalue weighted by atomic mass is 32.2. The van der Waals surface area contributed by atoms with Gasteiger partial charge in [0.15, 0.2) is 11.5 Å². The highest BCUT2D eigenvalue weighted by molar-refractivity contribution is 7.95. The fraction of sp³-hybridized carbons (Fsp3) is 0.379. The van der Waals surface area contributed by atoms with Crippen LogP contribution in [-0.4, -0.2) is 45.3 Å². The standard InChI is InChI=1S/C29H36N2O3S/c1-22-8-15-27(16-9-22)35-34-26-13-11-24(12-14-26)31-18-6-5-7-25(31)21-30(2)20-23-10-17-28(32-3)29(19-23)33-4/h8-17,19,25H,5-7,18,20-21H2,1-4H3. The quantitative estimate of drug-likeness (QED) is 0.297. The van der Waals surface area contributed by atoms with Crippen molar-refractivity contribution in [2.24, 2.45) is 0 Å². The van der Waals surface area contributed by atoms with Crippen molar-refractivity contribution in [1.82, 2.24) is 4.90 Å². The molecule has 0 aromatic heterocycles. The number of benzene rings is 3. The Hall–Kier alpha value is -2.83. The SMILES string of the molecule is COc1ccc(CN(C)CC2CCCCN2c2ccc(OSc3ccc(C)cc3)cc2)cc1OC. The van der Waals surface area contributed by atoms with Crippen LogP contribution >= 0.6 is 12.0 Å². The van der Waals surface area contributed by atoms with Crippen molar-refractivity contribution in [3.05, 3.63) is 77.9 Å². The molecule has 3 aromatic rings. The monoisotopic (exact) mass is 492 g/mol. The van der Waals surface area contributed by atoms with E-state index in [9.17, 15) is 0 Å². The van der Waals surface area contributed by atoms with E-state index in [4.69, 9.17) is 13.7 Å². The Balaban J connectivity index is 1.36. The Kier molecular flexibility index (Phi) is 8.83. The van der Waals surface area contributed by atoms with Gasteiger partial charge in [0.1, 0.15) is 5.75 Å². The van der Waals surface area contributed by atoms with E-state index in [0.29, 0.717) is 6.04 Å². The van der Waals surface area contributed by atoms with Gasteiger partial charge in [0.2, 0.25) is 0 Å². The van der Waals surface area contributed by atoms with E-state index in [1.165, 1.54) is 48.1 Å². The lowest BCUT2D eigenvalue weighted by molar-refractivity contribution is 0.276. The van der Waals surface area contributed by atoms with Crippen LogP contribution in [-0.2, 0) is 6.54 Å². The molecule has 1 saturated heterocycles. The maximum Gasteiger partial charge on any atom is 0.161 e. The van der Waals surface area contributed by atoms with Crippen LogP contribution in [0.4, 0.5) is 5.69 Å². The van der Waals surface area contributed by atoms with Crippen LogP contribution in [0.5, 0.6) is 17.2 Å². The molecule has 1 atom stereocenters. The number of likely N-dealkylation sites (N-methyl/N-ethyl adjacent to an activating group) is 1. The molecule has 3 aromatic carbocycles. The lowest BCUT2D eigenvalue weighted by Crippen LogP contribution is -2.46. The molecule has 186 valence electrons. The number of aryl methyl sites for hydroxylation is 1. The summed E-state index contributed by atoms with van der Waals surface area (Å²) in [7, 11) is 5.55. The van der Waals surface area contributed by atoms with Crippen LogP contribution in [0.2, 0.25) is 0 Å². The van der Waals surface area contributed by atoms with Gasteiger partial charge in [-0.25, -0.2) is 0 Å². The van der Waals surface area contributed by atoms with Crippen LogP contribution < -0.4 is 18.6 Å². The normalized spacial score (nSPS) is 15.8. The zero-order chi connectivity index (χ0) is 24.6. The van der Waals surface area contributed by atoms with Gasteiger partial charge in [0.05, 0.1) is 26.3 Å². The molecule has 1 aliphatic heterocycles. The summed E-state index contributed by atoms with van der Waals surface area (Å²) in [5.74, 6) is 2.42. The van der Waals surface area contributed by atoms with Crippen molar-refractivity contribution in [2.45, 2.75) is 43.7 Å². The Morgan fingerprint density at radius 3 is 2.37 bits per heavy atom. The molecule has 0 aliphatic carbocycles. The maximum absolute atomic E-state index is 5.94. The molecule has 0 amide bonds. The Bertz CT molecular complexity index is 1070. The molecular formula is C29H36N2O3S. The van der Waals surface area contributed by atoms with Gasteiger partial charge in [-0.1, -0.05) is 23.8 Å². The van der Waals surface area contributed by atoms with E-state index in [2.05, 4.69) is 84.4 Å². The minimum absolute atomic E-state index is 0.489. The first-order valence-corrected chi connectivity index (χ1v) is 13.0. The number of hydrogen-bond acceptors (Lipinski definition) is 6. The first kappa shape index (κ1) is 25.3. The first-order chi connectivity index (χ1) is 17.1. The number of anilines is 1. The average molecular weight is 493 g/mol. The summed E-state index contributed by atoms with van der Waals surface area (Å²) in [5.41, 5.74) is 3.74. The van der Waals surface area contributed by atoms with Crippen molar-refractivity contribution in [1.29, 1.82) is 0 Å². The van der Waals surface area contributed by atoms with Crippen molar-refractivity contribution < 1.29 is 13.7 Å². The third-order valence-corrected chi connectivity index (χ3v) is 7.21. The van der Waals surface area contributed by atoms with Crippen molar-refractivity contribution in [2.75, 3.05) is 39.3 Å². The van der Waals surface area contributed by atoms with Crippen LogP contribution in [0.3, 0.4) is 0 Å². The van der Waals surface area contributed by atoms with Gasteiger partial charge >= 0.3 is 0 Å². The smallest absolute Gasteiger partial charge is 0.161 e. The van der Waals surface area contributed by atoms with Gasteiger partial charge < -0.3 is 23.5 Å². The van der Waals surface area contributed by atoms with E-state index in [-0.39, 0.29) is 0 Å². The summed E-state index contributed by atoms with van der Waals surface area (Å²) in [6.45, 7) is 5.06. The molecular weight excluding hydrogens is 456 g/mol. The largest absolute Gasteiger partial charge is 0.493 e. The van der Waals surface area contributed by atoms with Gasteiger partial charge in [-0.15, -0.1) is 0 Å². The Labute approximate surface area is 214 Å². The lowest BCUT2D eigenvalue weighted by Gasteiger charge is -2.39. The van der Waals surface area contributed by atoms with Gasteiger partial charge in [-0.3, -0.25) is 0 Å². The molecule has 4 rings (SSSR count). The maximum atomic E-state index is 5.94. The summed E-state index contributed by atoms with van der Waals surface area (Å²) >= 11 is 1.40. The number of nitrogens with zero attached hydrogens (tertiary/aromatic N) is 2. The van der Waals surface area contributed by atoms with Gasteiger partial charge in [-0.05, 0) is 87.3 Å². The highest BCUT2D eigenvalue weighted by Gasteiger charge is 2.24. The Morgan fingerprint density at radius 1 is 0.914 bits per heavy atom. The second-order valence-electron chi connectivity index (χ2n) is 9.20. The Morgan fingerprint density at radius 2 is 1.66 bits per heavy atom. The van der Waals surface area contributed by atoms with Crippen molar-refractivity contribution in [3.8, 4) is 17.2 Å². The lowest BCUT2D eigenvalue weighted by atomic mass is 10.0. The van der Waals surface area contributed by atoms with Gasteiger partial charge in [0, 0.05) is 36.3 Å². The molecule has 1 heterocycles. The number of methoxy groups -OCH3 is 2. The highest BCUT2D eigenvalue weighted by Crippen LogP contribution is 2.31. The summed E-state index contributed by atoms with van der Waals surface area (Å²) in [4.78, 5) is 6.07. The molecule has 0 bridgehead atoms. The molecule has 5 nitrogen and oxygen atoms in total. The molecule has 0 spiro atoms. The summed E-state index contributed by atoms with van der Waals surface area (Å²) < 4.78 is 16.8. The van der Waals surface area contributed by atoms with Gasteiger partial charge in [-0.2, -0.15) is 0 Å². The third-order valence-electron chi connectivity index (χ3n) is 6.47. The van der Waals surface area contributed by atoms with Crippen LogP contribution in [0.25, 0.3) is 0 Å². The van der Waals surface area contributed by atoms with E-state index >= 15 is 0 Å². The fourth-order valence-corrected chi connectivity index (χ4v) is 5.18. The molecule has 6 heteroatoms. The van der Waals surface area contributed by atoms with Crippen LogP contribution in [0.1, 0.15) is 30.4 Å². The third kappa shape index (κ3) is 6.86. The van der Waals surface area contributed by atoms with Crippen LogP contribution in [0, 0.1) is 6.92 Å². The summed E-state index contributed by atoms with van der Waals surface area (Å²) in [6, 6.07) is 23.6. The molecule has 1 fully saturated rings. The zero-order valence-corrected chi connectivity index (χ0v) is 22.0. The van der Waals surface area contributed by atoms with E-state index < -0.39 is 0 Å². The minimum atomic E-state index is 0.489. The van der Waals surface area contributed by atoms with E-state index in [1.807, 2.05) is 6.07 Å². The zero-order valence-electron chi connectivity index (χ0n) is 21.2. The number of hydrogen-bond donors (Lipinski definition) is 0. The molecule has 0 radical (unpaired) electrons. The molecule has 0 saturated carbocycles. The van der Waals surface area contributed by atoms with Crippen molar-refractivity contribution in [3.63, 3.8) is 0 Å². The number of piperidine rings is 1. The summed E-state index contributed by atoms with van der Waals surface area (Å²) in [6.07, 6.45) is 3.72. The minimum Gasteiger partial charge on any atom is -0.493 e. The number of ether oxygens (including phenoxy) is 2. The van der Waals surface area contributed by atoms with Gasteiger partial charge in [0.25, 0.3) is 0 Å². The average Bonchev–Trinajstić information content (AvgIpc) is 2.89. The van der Waals surface area contributed by atoms with Crippen molar-refractivity contribution >= 4 is 17.7 Å². The second kappa shape index (κ2) is 12.2. The predicted molar refractivity (Wildman–Crippen MR) is 145 cm³/mol. The summed E-state index contributed by atoms with van der Waals surface area (Å²) in [5, 5.41) is 0. The molecule has 0 N–H and O–H groups in total. The topological polar surface area (TPSA) is 34.2 Å². The first-order valence-electron chi connectivity index (χ1n) is 12.2. The second-order valence-corrected chi connectivity index (χ2v) is 10.0. The van der Waals surface area contributed by atoms with E-state index in [0.717, 1.165) is 41.8 Å². The van der Waals surface area contributed by atoms with Crippen LogP contribution in [0.15, 0.2) is 71.6 Å². The number of rotatable bonds is 10. The van der Waals surface area contributed by atoms with E-state index in [1.54, 1.807) is 14.2 Å². The molecule has 35 heavy (non-hydrogen) atoms. The molecule has 1 aliphatic rings. The fourth-order valence-electron chi connectivity index (χ4n) is 4.63. The molecule has 1 unspecified atom stereocenters.